The van der Waals surface area contributed by atoms with Crippen LogP contribution < -0.4 is 11.1 Å². The molecule has 5 heteroatoms. The Morgan fingerprint density at radius 2 is 2.06 bits per heavy atom. The molecule has 0 unspecified atom stereocenters. The monoisotopic (exact) mass is 270 g/mol. The molecular weight excluding hydrogens is 252 g/mol. The zero-order valence-corrected chi connectivity index (χ0v) is 11.4. The van der Waals surface area contributed by atoms with E-state index in [1.54, 1.807) is 18.2 Å². The second-order valence-corrected chi connectivity index (χ2v) is 4.71. The molecule has 18 heavy (non-hydrogen) atoms. The molecule has 1 aromatic rings. The molecule has 0 atom stereocenters. The van der Waals surface area contributed by atoms with Gasteiger partial charge in [-0.3, -0.25) is 4.79 Å². The first-order chi connectivity index (χ1) is 8.49. The highest BCUT2D eigenvalue weighted by Gasteiger charge is 2.28. The molecular formula is C13H19ClN2O2. The van der Waals surface area contributed by atoms with Crippen molar-refractivity contribution in [2.24, 2.45) is 0 Å². The lowest BCUT2D eigenvalue weighted by Gasteiger charge is -2.31. The topological polar surface area (TPSA) is 75.3 Å². The lowest BCUT2D eigenvalue weighted by molar-refractivity contribution is 0.0818. The Morgan fingerprint density at radius 3 is 2.56 bits per heavy atom. The van der Waals surface area contributed by atoms with E-state index in [1.165, 1.54) is 0 Å². The first-order valence-corrected chi connectivity index (χ1v) is 6.34. The van der Waals surface area contributed by atoms with E-state index in [0.717, 1.165) is 0 Å². The average molecular weight is 271 g/mol. The Balaban J connectivity index is 2.98. The van der Waals surface area contributed by atoms with Gasteiger partial charge in [0.2, 0.25) is 0 Å². The van der Waals surface area contributed by atoms with Crippen molar-refractivity contribution in [2.75, 3.05) is 12.3 Å². The van der Waals surface area contributed by atoms with E-state index >= 15 is 0 Å². The summed E-state index contributed by atoms with van der Waals surface area (Å²) in [4.78, 5) is 12.1. The lowest BCUT2D eigenvalue weighted by Crippen LogP contribution is -2.50. The number of carbonyl (C=O) groups is 1. The molecule has 0 fully saturated rings. The predicted molar refractivity (Wildman–Crippen MR) is 73.7 cm³/mol. The average Bonchev–Trinajstić information content (AvgIpc) is 2.39. The number of carbonyl (C=O) groups excluding carboxylic acids is 1. The zero-order valence-electron chi connectivity index (χ0n) is 10.7. The van der Waals surface area contributed by atoms with Crippen LogP contribution in [0.25, 0.3) is 0 Å². The minimum atomic E-state index is -0.605. The number of anilines is 1. The molecule has 0 saturated carbocycles. The second-order valence-electron chi connectivity index (χ2n) is 4.30. The Labute approximate surface area is 112 Å². The van der Waals surface area contributed by atoms with Crippen LogP contribution in [0.3, 0.4) is 0 Å². The summed E-state index contributed by atoms with van der Waals surface area (Å²) >= 11 is 5.88. The number of halogens is 1. The molecule has 4 N–H and O–H groups in total. The van der Waals surface area contributed by atoms with Gasteiger partial charge >= 0.3 is 0 Å². The van der Waals surface area contributed by atoms with E-state index in [2.05, 4.69) is 5.32 Å². The van der Waals surface area contributed by atoms with Crippen molar-refractivity contribution in [1.82, 2.24) is 5.32 Å². The van der Waals surface area contributed by atoms with Crippen molar-refractivity contribution < 1.29 is 9.90 Å². The lowest BCUT2D eigenvalue weighted by atomic mass is 9.93. The number of aliphatic hydroxyl groups is 1. The van der Waals surface area contributed by atoms with Crippen LogP contribution in [0.15, 0.2) is 18.2 Å². The quantitative estimate of drug-likeness (QED) is 0.718. The van der Waals surface area contributed by atoms with Crippen molar-refractivity contribution in [3.05, 3.63) is 28.8 Å². The number of nitrogens with two attached hydrogens (primary N) is 1. The molecule has 1 amide bonds. The van der Waals surface area contributed by atoms with Gasteiger partial charge in [-0.1, -0.05) is 31.5 Å². The Hall–Kier alpha value is -1.26. The summed E-state index contributed by atoms with van der Waals surface area (Å²) in [5.41, 5.74) is 5.76. The summed E-state index contributed by atoms with van der Waals surface area (Å²) < 4.78 is 0. The maximum absolute atomic E-state index is 12.1. The van der Waals surface area contributed by atoms with Crippen LogP contribution in [0.1, 0.15) is 37.0 Å². The molecule has 0 radical (unpaired) electrons. The minimum absolute atomic E-state index is 0.105. The van der Waals surface area contributed by atoms with Crippen LogP contribution in [0.5, 0.6) is 0 Å². The number of para-hydroxylation sites is 1. The molecule has 0 spiro atoms. The van der Waals surface area contributed by atoms with Gasteiger partial charge in [0.1, 0.15) is 0 Å². The molecule has 100 valence electrons. The number of nitrogens with one attached hydrogen (secondary N) is 1. The van der Waals surface area contributed by atoms with Crippen molar-refractivity contribution in [3.8, 4) is 0 Å². The largest absolute Gasteiger partial charge is 0.397 e. The van der Waals surface area contributed by atoms with Gasteiger partial charge in [-0.15, -0.1) is 0 Å². The fourth-order valence-corrected chi connectivity index (χ4v) is 1.91. The van der Waals surface area contributed by atoms with Crippen LogP contribution in [0.4, 0.5) is 5.69 Å². The predicted octanol–water partition coefficient (Wildman–Crippen LogP) is 2.20. The standard InChI is InChI=1S/C13H19ClN2O2/c1-3-13(4-2,8-17)16-12(18)9-6-5-7-10(14)11(9)15/h5-7,17H,3-4,8,15H2,1-2H3,(H,16,18). The molecule has 0 aliphatic heterocycles. The van der Waals surface area contributed by atoms with E-state index in [0.29, 0.717) is 23.4 Å². The molecule has 0 aliphatic rings. The number of hydrogen-bond donors (Lipinski definition) is 3. The van der Waals surface area contributed by atoms with Crippen molar-refractivity contribution in [3.63, 3.8) is 0 Å². The normalized spacial score (nSPS) is 11.3. The fourth-order valence-electron chi connectivity index (χ4n) is 1.73. The van der Waals surface area contributed by atoms with Crippen molar-refractivity contribution >= 4 is 23.2 Å². The first kappa shape index (κ1) is 14.8. The summed E-state index contributed by atoms with van der Waals surface area (Å²) in [5.74, 6) is -0.312. The number of rotatable bonds is 5. The van der Waals surface area contributed by atoms with Gasteiger partial charge in [-0.2, -0.15) is 0 Å². The van der Waals surface area contributed by atoms with Gasteiger partial charge in [0.25, 0.3) is 5.91 Å². The summed E-state index contributed by atoms with van der Waals surface area (Å²) in [6.07, 6.45) is 1.29. The van der Waals surface area contributed by atoms with Gasteiger partial charge < -0.3 is 16.2 Å². The summed E-state index contributed by atoms with van der Waals surface area (Å²) in [5, 5.41) is 12.6. The smallest absolute Gasteiger partial charge is 0.253 e. The summed E-state index contributed by atoms with van der Waals surface area (Å²) in [6.45, 7) is 3.73. The number of benzene rings is 1. The second kappa shape index (κ2) is 6.07. The van der Waals surface area contributed by atoms with E-state index in [4.69, 9.17) is 17.3 Å². The zero-order chi connectivity index (χ0) is 13.8. The van der Waals surface area contributed by atoms with Gasteiger partial charge in [0.05, 0.1) is 28.4 Å². The highest BCUT2D eigenvalue weighted by molar-refractivity contribution is 6.33. The molecule has 4 nitrogen and oxygen atoms in total. The van der Waals surface area contributed by atoms with Crippen molar-refractivity contribution in [1.29, 1.82) is 0 Å². The van der Waals surface area contributed by atoms with E-state index in [-0.39, 0.29) is 18.2 Å². The third-order valence-electron chi connectivity index (χ3n) is 3.33. The first-order valence-electron chi connectivity index (χ1n) is 5.97. The SMILES string of the molecule is CCC(CC)(CO)NC(=O)c1cccc(Cl)c1N. The minimum Gasteiger partial charge on any atom is -0.397 e. The van der Waals surface area contributed by atoms with Crippen LogP contribution in [0.2, 0.25) is 5.02 Å². The molecule has 0 heterocycles. The third kappa shape index (κ3) is 2.94. The number of amides is 1. The Bertz CT molecular complexity index is 423. The number of nitrogen functional groups attached to an aromatic ring is 1. The number of aliphatic hydroxyl groups excluding tert-OH is 1. The molecule has 0 aromatic heterocycles. The maximum Gasteiger partial charge on any atom is 0.253 e. The molecule has 0 saturated heterocycles. The Morgan fingerprint density at radius 1 is 1.44 bits per heavy atom. The van der Waals surface area contributed by atoms with Gasteiger partial charge in [0.15, 0.2) is 0 Å². The fraction of sp³-hybridized carbons (Fsp3) is 0.462. The maximum atomic E-state index is 12.1. The highest BCUT2D eigenvalue weighted by Crippen LogP contribution is 2.23. The van der Waals surface area contributed by atoms with Crippen LogP contribution >= 0.6 is 11.6 Å². The Kier molecular flexibility index (Phi) is 4.99. The third-order valence-corrected chi connectivity index (χ3v) is 3.66. The van der Waals surface area contributed by atoms with Crippen LogP contribution in [-0.2, 0) is 0 Å². The highest BCUT2D eigenvalue weighted by atomic mass is 35.5. The molecule has 0 aliphatic carbocycles. The molecule has 1 aromatic carbocycles. The van der Waals surface area contributed by atoms with E-state index in [9.17, 15) is 9.90 Å². The van der Waals surface area contributed by atoms with Gasteiger partial charge in [-0.05, 0) is 25.0 Å². The summed E-state index contributed by atoms with van der Waals surface area (Å²) in [7, 11) is 0. The van der Waals surface area contributed by atoms with E-state index < -0.39 is 5.54 Å². The molecule has 1 rings (SSSR count). The van der Waals surface area contributed by atoms with E-state index in [1.807, 2.05) is 13.8 Å². The van der Waals surface area contributed by atoms with Crippen LogP contribution in [0, 0.1) is 0 Å². The molecule has 0 bridgehead atoms. The van der Waals surface area contributed by atoms with Crippen LogP contribution in [-0.4, -0.2) is 23.2 Å². The summed E-state index contributed by atoms with van der Waals surface area (Å²) in [6, 6.07) is 4.92. The van der Waals surface area contributed by atoms with Crippen molar-refractivity contribution in [2.45, 2.75) is 32.2 Å². The number of hydrogen-bond acceptors (Lipinski definition) is 3. The van der Waals surface area contributed by atoms with Gasteiger partial charge in [-0.25, -0.2) is 0 Å². The van der Waals surface area contributed by atoms with Gasteiger partial charge in [0, 0.05) is 0 Å².